The molecular weight excluding hydrogens is 262 g/mol. The van der Waals surface area contributed by atoms with Gasteiger partial charge in [0.2, 0.25) is 0 Å². The number of carbonyl (C=O) groups is 1. The maximum Gasteiger partial charge on any atom is 0.272 e. The van der Waals surface area contributed by atoms with E-state index in [1.807, 2.05) is 59.8 Å². The first-order valence-electron chi connectivity index (χ1n) is 7.59. The van der Waals surface area contributed by atoms with Gasteiger partial charge in [-0.3, -0.25) is 10.1 Å². The van der Waals surface area contributed by atoms with Crippen LogP contribution in [0.1, 0.15) is 29.9 Å². The van der Waals surface area contributed by atoms with E-state index in [4.69, 9.17) is 0 Å². The Labute approximate surface area is 125 Å². The van der Waals surface area contributed by atoms with Crippen LogP contribution >= 0.6 is 0 Å². The second-order valence-corrected chi connectivity index (χ2v) is 5.13. The van der Waals surface area contributed by atoms with Gasteiger partial charge < -0.3 is 9.47 Å². The van der Waals surface area contributed by atoms with E-state index in [1.54, 1.807) is 0 Å². The van der Waals surface area contributed by atoms with E-state index in [0.717, 1.165) is 30.9 Å². The van der Waals surface area contributed by atoms with Crippen LogP contribution in [0.2, 0.25) is 0 Å². The van der Waals surface area contributed by atoms with Gasteiger partial charge in [-0.2, -0.15) is 0 Å². The van der Waals surface area contributed by atoms with Crippen LogP contribution in [0.5, 0.6) is 0 Å². The number of fused-ring (bicyclic) bond motifs is 2. The number of carbonyl (C=O) groups excluding carboxylic acids is 1. The standard InChI is InChI=1S/C15H15N3O.C2H6/c19-14-13-7-4-9-17(13)11-15(16-8-10-18(14)15)12-5-2-1-3-6-12;1-2/h1-7,9,16H,8,10-11H2;1-2H3. The number of rotatable bonds is 1. The minimum absolute atomic E-state index is 0.116. The van der Waals surface area contributed by atoms with Gasteiger partial charge in [0.25, 0.3) is 5.91 Å². The topological polar surface area (TPSA) is 37.3 Å². The molecule has 0 bridgehead atoms. The van der Waals surface area contributed by atoms with Gasteiger partial charge in [-0.1, -0.05) is 44.2 Å². The predicted molar refractivity (Wildman–Crippen MR) is 82.9 cm³/mol. The summed E-state index contributed by atoms with van der Waals surface area (Å²) in [6.45, 7) is 6.37. The largest absolute Gasteiger partial charge is 0.339 e. The fourth-order valence-electron chi connectivity index (χ4n) is 3.27. The van der Waals surface area contributed by atoms with Crippen LogP contribution < -0.4 is 5.32 Å². The summed E-state index contributed by atoms with van der Waals surface area (Å²) in [6, 6.07) is 14.1. The van der Waals surface area contributed by atoms with E-state index in [0.29, 0.717) is 0 Å². The molecule has 110 valence electrons. The SMILES string of the molecule is CC.O=C1c2cccn2CC2(c3ccccc3)NCCN12. The smallest absolute Gasteiger partial charge is 0.272 e. The van der Waals surface area contributed by atoms with E-state index in [2.05, 4.69) is 17.4 Å². The molecule has 4 nitrogen and oxygen atoms in total. The minimum atomic E-state index is -0.385. The lowest BCUT2D eigenvalue weighted by Gasteiger charge is -2.42. The molecule has 1 saturated heterocycles. The molecule has 1 aromatic carbocycles. The average molecular weight is 283 g/mol. The molecule has 2 aromatic rings. The van der Waals surface area contributed by atoms with Crippen molar-refractivity contribution >= 4 is 5.91 Å². The van der Waals surface area contributed by atoms with Gasteiger partial charge in [-0.15, -0.1) is 0 Å². The first kappa shape index (κ1) is 13.9. The summed E-state index contributed by atoms with van der Waals surface area (Å²) in [6.07, 6.45) is 1.98. The summed E-state index contributed by atoms with van der Waals surface area (Å²) in [5.74, 6) is 0.116. The Morgan fingerprint density at radius 3 is 2.62 bits per heavy atom. The third-order valence-electron chi connectivity index (χ3n) is 4.16. The average Bonchev–Trinajstić information content (AvgIpc) is 3.18. The summed E-state index contributed by atoms with van der Waals surface area (Å²) in [5, 5.41) is 3.53. The normalized spacial score (nSPS) is 23.1. The number of amides is 1. The Kier molecular flexibility index (Phi) is 3.55. The van der Waals surface area contributed by atoms with Gasteiger partial charge in [0, 0.05) is 19.3 Å². The third kappa shape index (κ3) is 1.98. The zero-order valence-corrected chi connectivity index (χ0v) is 12.5. The molecule has 2 aliphatic heterocycles. The molecule has 1 aromatic heterocycles. The van der Waals surface area contributed by atoms with Gasteiger partial charge in [-0.25, -0.2) is 0 Å². The highest BCUT2D eigenvalue weighted by Crippen LogP contribution is 2.36. The van der Waals surface area contributed by atoms with Crippen molar-refractivity contribution in [2.75, 3.05) is 13.1 Å². The predicted octanol–water partition coefficient (Wildman–Crippen LogP) is 2.43. The van der Waals surface area contributed by atoms with Crippen LogP contribution in [0.3, 0.4) is 0 Å². The third-order valence-corrected chi connectivity index (χ3v) is 4.16. The molecule has 0 radical (unpaired) electrons. The lowest BCUT2D eigenvalue weighted by molar-refractivity contribution is 0.0398. The van der Waals surface area contributed by atoms with Crippen LogP contribution in [-0.2, 0) is 12.2 Å². The quantitative estimate of drug-likeness (QED) is 0.873. The molecule has 4 rings (SSSR count). The molecule has 1 atom stereocenters. The Balaban J connectivity index is 0.000000636. The molecule has 0 spiro atoms. The molecule has 0 aliphatic carbocycles. The minimum Gasteiger partial charge on any atom is -0.339 e. The van der Waals surface area contributed by atoms with E-state index in [1.165, 1.54) is 0 Å². The zero-order chi connectivity index (χ0) is 14.9. The molecule has 1 amide bonds. The van der Waals surface area contributed by atoms with Crippen LogP contribution in [0, 0.1) is 0 Å². The number of nitrogens with zero attached hydrogens (tertiary/aromatic N) is 2. The van der Waals surface area contributed by atoms with Crippen molar-refractivity contribution in [1.29, 1.82) is 0 Å². The fraction of sp³-hybridized carbons (Fsp3) is 0.353. The Morgan fingerprint density at radius 2 is 1.86 bits per heavy atom. The van der Waals surface area contributed by atoms with Crippen molar-refractivity contribution in [3.63, 3.8) is 0 Å². The monoisotopic (exact) mass is 283 g/mol. The lowest BCUT2D eigenvalue weighted by Crippen LogP contribution is -2.57. The zero-order valence-electron chi connectivity index (χ0n) is 12.5. The molecule has 2 aliphatic rings. The van der Waals surface area contributed by atoms with Crippen molar-refractivity contribution < 1.29 is 4.79 Å². The number of hydrogen-bond donors (Lipinski definition) is 1. The fourth-order valence-corrected chi connectivity index (χ4v) is 3.27. The van der Waals surface area contributed by atoms with Gasteiger partial charge >= 0.3 is 0 Å². The Bertz CT molecular complexity index is 634. The maximum atomic E-state index is 12.6. The highest BCUT2D eigenvalue weighted by atomic mass is 16.2. The van der Waals surface area contributed by atoms with Crippen molar-refractivity contribution in [3.05, 3.63) is 59.9 Å². The molecule has 1 fully saturated rings. The summed E-state index contributed by atoms with van der Waals surface area (Å²) in [5.41, 5.74) is 1.56. The van der Waals surface area contributed by atoms with Crippen molar-refractivity contribution in [3.8, 4) is 0 Å². The number of benzene rings is 1. The summed E-state index contributed by atoms with van der Waals surface area (Å²) >= 11 is 0. The number of hydrogen-bond acceptors (Lipinski definition) is 2. The Hall–Kier alpha value is -2.07. The van der Waals surface area contributed by atoms with Gasteiger partial charge in [0.1, 0.15) is 11.4 Å². The van der Waals surface area contributed by atoms with Crippen molar-refractivity contribution in [2.45, 2.75) is 26.1 Å². The summed E-state index contributed by atoms with van der Waals surface area (Å²) < 4.78 is 2.05. The van der Waals surface area contributed by atoms with Crippen molar-refractivity contribution in [2.24, 2.45) is 0 Å². The van der Waals surface area contributed by atoms with E-state index >= 15 is 0 Å². The first-order valence-corrected chi connectivity index (χ1v) is 7.59. The van der Waals surface area contributed by atoms with Crippen molar-refractivity contribution in [1.82, 2.24) is 14.8 Å². The first-order chi connectivity index (χ1) is 10.3. The van der Waals surface area contributed by atoms with Crippen LogP contribution in [0.25, 0.3) is 0 Å². The molecule has 3 heterocycles. The van der Waals surface area contributed by atoms with E-state index in [-0.39, 0.29) is 11.6 Å². The molecule has 21 heavy (non-hydrogen) atoms. The van der Waals surface area contributed by atoms with E-state index < -0.39 is 0 Å². The molecule has 1 unspecified atom stereocenters. The molecule has 4 heteroatoms. The molecule has 0 saturated carbocycles. The summed E-state index contributed by atoms with van der Waals surface area (Å²) in [7, 11) is 0. The van der Waals surface area contributed by atoms with Gasteiger partial charge in [-0.05, 0) is 17.7 Å². The Morgan fingerprint density at radius 1 is 1.10 bits per heavy atom. The van der Waals surface area contributed by atoms with Crippen LogP contribution in [-0.4, -0.2) is 28.5 Å². The highest BCUT2D eigenvalue weighted by molar-refractivity contribution is 5.94. The molecule has 1 N–H and O–H groups in total. The van der Waals surface area contributed by atoms with Gasteiger partial charge in [0.15, 0.2) is 0 Å². The highest BCUT2D eigenvalue weighted by Gasteiger charge is 2.48. The van der Waals surface area contributed by atoms with E-state index in [9.17, 15) is 4.79 Å². The summed E-state index contributed by atoms with van der Waals surface area (Å²) in [4.78, 5) is 14.6. The molecular formula is C17H21N3O. The maximum absolute atomic E-state index is 12.6. The number of aromatic nitrogens is 1. The number of nitrogens with one attached hydrogen (secondary N) is 1. The lowest BCUT2D eigenvalue weighted by atomic mass is 9.96. The van der Waals surface area contributed by atoms with Crippen LogP contribution in [0.4, 0.5) is 0 Å². The second kappa shape index (κ2) is 5.37. The van der Waals surface area contributed by atoms with Gasteiger partial charge in [0.05, 0.1) is 6.54 Å². The second-order valence-electron chi connectivity index (χ2n) is 5.13. The van der Waals surface area contributed by atoms with Crippen LogP contribution in [0.15, 0.2) is 48.7 Å².